The van der Waals surface area contributed by atoms with Crippen molar-refractivity contribution in [2.45, 2.75) is 348 Å². The molecule has 0 atom stereocenters. The minimum Gasteiger partial charge on any atom is -0.330 e. The van der Waals surface area contributed by atoms with Gasteiger partial charge in [0.05, 0.1) is 0 Å². The van der Waals surface area contributed by atoms with E-state index in [-0.39, 0.29) is 0 Å². The fourth-order valence-electron chi connectivity index (χ4n) is 9.62. The number of hydrogen-bond acceptors (Lipinski definition) is 1. The summed E-state index contributed by atoms with van der Waals surface area (Å²) in [6.07, 6.45) is 76.7. The molecule has 1 heteroatoms. The summed E-state index contributed by atoms with van der Waals surface area (Å²) in [5.41, 5.74) is 5.60. The van der Waals surface area contributed by atoms with E-state index >= 15 is 0 Å². The highest BCUT2D eigenvalue weighted by Crippen LogP contribution is 2.25. The van der Waals surface area contributed by atoms with E-state index < -0.39 is 0 Å². The molecule has 0 bridgehead atoms. The van der Waals surface area contributed by atoms with Crippen LogP contribution in [-0.2, 0) is 0 Å². The Labute approximate surface area is 364 Å². The van der Waals surface area contributed by atoms with Crippen molar-refractivity contribution in [3.8, 4) is 0 Å². The highest BCUT2D eigenvalue weighted by molar-refractivity contribution is 4.63. The van der Waals surface area contributed by atoms with Crippen molar-refractivity contribution in [3.05, 3.63) is 0 Å². The molecule has 0 unspecified atom stereocenters. The maximum Gasteiger partial charge on any atom is -0.00773 e. The van der Waals surface area contributed by atoms with Crippen LogP contribution in [-0.4, -0.2) is 6.54 Å². The standard InChI is InChI=1S/C56H115N/c1-3-5-7-9-11-13-15-17-19-24-28-32-36-40-44-48-52-56(53-49-45-41-37-33-29-25-20-18-16-14-12-10-8-6-4-2)54-50-46-42-38-34-30-26-22-21-23-27-31-35-39-43-47-51-55-57/h56H,3-55,57H2,1-2H3. The van der Waals surface area contributed by atoms with E-state index in [0.717, 1.165) is 12.5 Å². The Morgan fingerprint density at radius 3 is 0.491 bits per heavy atom. The predicted molar refractivity (Wildman–Crippen MR) is 264 cm³/mol. The van der Waals surface area contributed by atoms with E-state index in [1.54, 1.807) is 0 Å². The normalized spacial score (nSPS) is 11.8. The zero-order chi connectivity index (χ0) is 41.1. The molecule has 0 aliphatic heterocycles. The van der Waals surface area contributed by atoms with E-state index in [1.807, 2.05) is 0 Å². The molecule has 0 saturated heterocycles. The molecule has 0 aromatic carbocycles. The number of unbranched alkanes of at least 4 members (excludes halogenated alkanes) is 46. The van der Waals surface area contributed by atoms with E-state index in [2.05, 4.69) is 13.8 Å². The van der Waals surface area contributed by atoms with E-state index in [9.17, 15) is 0 Å². The van der Waals surface area contributed by atoms with Crippen molar-refractivity contribution in [1.82, 2.24) is 0 Å². The fourth-order valence-corrected chi connectivity index (χ4v) is 9.62. The first-order valence-electron chi connectivity index (χ1n) is 28.0. The highest BCUT2D eigenvalue weighted by Gasteiger charge is 2.09. The van der Waals surface area contributed by atoms with Gasteiger partial charge in [0.2, 0.25) is 0 Å². The summed E-state index contributed by atoms with van der Waals surface area (Å²) in [6.45, 7) is 5.52. The van der Waals surface area contributed by atoms with Crippen LogP contribution in [0.2, 0.25) is 0 Å². The minimum absolute atomic E-state index is 0.875. The lowest BCUT2D eigenvalue weighted by Crippen LogP contribution is -2.01. The van der Waals surface area contributed by atoms with Gasteiger partial charge in [0.15, 0.2) is 0 Å². The zero-order valence-corrected chi connectivity index (χ0v) is 40.6. The van der Waals surface area contributed by atoms with Gasteiger partial charge >= 0.3 is 0 Å². The summed E-state index contributed by atoms with van der Waals surface area (Å²) in [4.78, 5) is 0. The van der Waals surface area contributed by atoms with Crippen molar-refractivity contribution in [3.63, 3.8) is 0 Å². The summed E-state index contributed by atoms with van der Waals surface area (Å²) in [5, 5.41) is 0. The van der Waals surface area contributed by atoms with Gasteiger partial charge in [-0.3, -0.25) is 0 Å². The quantitative estimate of drug-likeness (QED) is 0.0609. The smallest absolute Gasteiger partial charge is 0.00773 e. The van der Waals surface area contributed by atoms with Crippen LogP contribution in [0.1, 0.15) is 348 Å². The second-order valence-electron chi connectivity index (χ2n) is 19.6. The lowest BCUT2D eigenvalue weighted by Gasteiger charge is -2.17. The maximum atomic E-state index is 5.60. The van der Waals surface area contributed by atoms with Crippen molar-refractivity contribution in [2.75, 3.05) is 6.54 Å². The molecule has 0 rings (SSSR count). The molecule has 344 valence electrons. The highest BCUT2D eigenvalue weighted by atomic mass is 14.5. The third-order valence-electron chi connectivity index (χ3n) is 13.7. The van der Waals surface area contributed by atoms with Gasteiger partial charge < -0.3 is 5.73 Å². The van der Waals surface area contributed by atoms with Gasteiger partial charge in [-0.2, -0.15) is 0 Å². The Morgan fingerprint density at radius 1 is 0.193 bits per heavy atom. The summed E-state index contributed by atoms with van der Waals surface area (Å²) < 4.78 is 0. The van der Waals surface area contributed by atoms with Crippen LogP contribution in [0.25, 0.3) is 0 Å². The molecule has 0 fully saturated rings. The monoisotopic (exact) mass is 802 g/mol. The summed E-state index contributed by atoms with van der Waals surface area (Å²) in [5.74, 6) is 1.03. The van der Waals surface area contributed by atoms with Crippen molar-refractivity contribution in [1.29, 1.82) is 0 Å². The average Bonchev–Trinajstić information content (AvgIpc) is 3.22. The van der Waals surface area contributed by atoms with Gasteiger partial charge in [-0.15, -0.1) is 0 Å². The molecule has 2 N–H and O–H groups in total. The predicted octanol–water partition coefficient (Wildman–Crippen LogP) is 20.9. The molecule has 0 aliphatic carbocycles. The van der Waals surface area contributed by atoms with Crippen LogP contribution >= 0.6 is 0 Å². The topological polar surface area (TPSA) is 26.0 Å². The van der Waals surface area contributed by atoms with Crippen LogP contribution in [0.5, 0.6) is 0 Å². The Morgan fingerprint density at radius 2 is 0.333 bits per heavy atom. The van der Waals surface area contributed by atoms with Crippen LogP contribution in [0, 0.1) is 5.92 Å². The van der Waals surface area contributed by atoms with Gasteiger partial charge in [-0.1, -0.05) is 341 Å². The summed E-state index contributed by atoms with van der Waals surface area (Å²) in [7, 11) is 0. The van der Waals surface area contributed by atoms with Crippen LogP contribution in [0.4, 0.5) is 0 Å². The molecular formula is C56H115N. The number of hydrogen-bond donors (Lipinski definition) is 1. The van der Waals surface area contributed by atoms with Crippen LogP contribution < -0.4 is 5.73 Å². The van der Waals surface area contributed by atoms with Gasteiger partial charge in [0.25, 0.3) is 0 Å². The van der Waals surface area contributed by atoms with Crippen LogP contribution in [0.3, 0.4) is 0 Å². The van der Waals surface area contributed by atoms with Crippen molar-refractivity contribution in [2.24, 2.45) is 11.7 Å². The Balaban J connectivity index is 3.95. The molecule has 0 heterocycles. The molecule has 0 aromatic rings. The molecule has 0 spiro atoms. The Bertz CT molecular complexity index is 622. The van der Waals surface area contributed by atoms with Crippen molar-refractivity contribution >= 4 is 0 Å². The van der Waals surface area contributed by atoms with Crippen molar-refractivity contribution < 1.29 is 0 Å². The Hall–Kier alpha value is -0.0400. The second-order valence-corrected chi connectivity index (χ2v) is 19.6. The first-order chi connectivity index (χ1) is 28.3. The lowest BCUT2D eigenvalue weighted by molar-refractivity contribution is 0.365. The van der Waals surface area contributed by atoms with E-state index in [4.69, 9.17) is 5.73 Å². The van der Waals surface area contributed by atoms with Gasteiger partial charge in [0.1, 0.15) is 0 Å². The van der Waals surface area contributed by atoms with E-state index in [0.29, 0.717) is 0 Å². The number of rotatable bonds is 53. The fraction of sp³-hybridized carbons (Fsp3) is 1.00. The van der Waals surface area contributed by atoms with Gasteiger partial charge in [0, 0.05) is 0 Å². The second kappa shape index (κ2) is 54.0. The largest absolute Gasteiger partial charge is 0.330 e. The molecule has 0 aliphatic rings. The third-order valence-corrected chi connectivity index (χ3v) is 13.7. The van der Waals surface area contributed by atoms with E-state index in [1.165, 1.54) is 334 Å². The Kier molecular flexibility index (Phi) is 53.9. The molecule has 0 saturated carbocycles. The maximum absolute atomic E-state index is 5.60. The summed E-state index contributed by atoms with van der Waals surface area (Å²) in [6, 6.07) is 0. The molecule has 0 amide bonds. The number of nitrogens with two attached hydrogens (primary N) is 1. The molecular weight excluding hydrogens is 687 g/mol. The molecule has 1 nitrogen and oxygen atoms in total. The summed E-state index contributed by atoms with van der Waals surface area (Å²) >= 11 is 0. The SMILES string of the molecule is CCCCCCCCCCCCCCCCCCC(CCCCCCCCCCCCCCCCCC)CCCCCCCCCCCCCCCCCCCN. The first kappa shape index (κ1) is 57.0. The molecule has 0 aromatic heterocycles. The minimum atomic E-state index is 0.875. The molecule has 0 radical (unpaired) electrons. The zero-order valence-electron chi connectivity index (χ0n) is 40.6. The third kappa shape index (κ3) is 52.0. The van der Waals surface area contributed by atoms with Crippen LogP contribution in [0.15, 0.2) is 0 Å². The molecule has 57 heavy (non-hydrogen) atoms. The lowest BCUT2D eigenvalue weighted by atomic mass is 9.89. The first-order valence-corrected chi connectivity index (χ1v) is 28.0. The van der Waals surface area contributed by atoms with Gasteiger partial charge in [-0.25, -0.2) is 0 Å². The average molecular weight is 803 g/mol. The van der Waals surface area contributed by atoms with Gasteiger partial charge in [-0.05, 0) is 18.9 Å².